The number of rotatable bonds is 4. The normalized spacial score (nSPS) is 8.10. The molecule has 0 aliphatic heterocycles. The summed E-state index contributed by atoms with van der Waals surface area (Å²) in [5.74, 6) is -1.22. The topological polar surface area (TPSA) is 54.4 Å². The van der Waals surface area contributed by atoms with Gasteiger partial charge in [0.15, 0.2) is 0 Å². The molecular formula is C6H10O3Sn. The van der Waals surface area contributed by atoms with Gasteiger partial charge in [-0.2, -0.15) is 0 Å². The number of aliphatic carboxylic acids is 1. The van der Waals surface area contributed by atoms with Crippen molar-refractivity contribution in [3.05, 3.63) is 0 Å². The van der Waals surface area contributed by atoms with E-state index < -0.39 is 5.97 Å². The van der Waals surface area contributed by atoms with E-state index in [4.69, 9.17) is 5.11 Å². The van der Waals surface area contributed by atoms with Crippen molar-refractivity contribution in [1.82, 2.24) is 0 Å². The average Bonchev–Trinajstić information content (AvgIpc) is 1.63. The summed E-state index contributed by atoms with van der Waals surface area (Å²) in [4.78, 5) is 20.3. The van der Waals surface area contributed by atoms with Crippen molar-refractivity contribution in [2.24, 2.45) is 0 Å². The Kier molecular flexibility index (Phi) is 8.88. The Morgan fingerprint density at radius 3 is 2.20 bits per heavy atom. The molecule has 56 valence electrons. The molecule has 0 fully saturated rings. The second kappa shape index (κ2) is 7.05. The number of Topliss-reactive ketones (excluding diaryl/α,β-unsaturated/α-hetero) is 1. The van der Waals surface area contributed by atoms with Crippen molar-refractivity contribution in [2.75, 3.05) is 0 Å². The fourth-order valence-corrected chi connectivity index (χ4v) is 0.536. The molecule has 4 heteroatoms. The Morgan fingerprint density at radius 2 is 1.90 bits per heavy atom. The van der Waals surface area contributed by atoms with Gasteiger partial charge in [0, 0.05) is 30.3 Å². The van der Waals surface area contributed by atoms with Gasteiger partial charge in [-0.1, -0.05) is 6.92 Å². The summed E-state index contributed by atoms with van der Waals surface area (Å²) in [7, 11) is 0. The van der Waals surface area contributed by atoms with Gasteiger partial charge in [0.05, 0.1) is 0 Å². The molecule has 0 saturated heterocycles. The second-order valence-electron chi connectivity index (χ2n) is 1.86. The van der Waals surface area contributed by atoms with Gasteiger partial charge < -0.3 is 5.11 Å². The van der Waals surface area contributed by atoms with Crippen LogP contribution in [0.3, 0.4) is 0 Å². The summed E-state index contributed by atoms with van der Waals surface area (Å²) in [5.41, 5.74) is 0. The van der Waals surface area contributed by atoms with Crippen molar-refractivity contribution < 1.29 is 14.7 Å². The number of hydrogen-bond acceptors (Lipinski definition) is 2. The van der Waals surface area contributed by atoms with Crippen LogP contribution in [0.1, 0.15) is 26.2 Å². The third-order valence-electron chi connectivity index (χ3n) is 0.877. The minimum atomic E-state index is -1.03. The monoisotopic (exact) mass is 250 g/mol. The van der Waals surface area contributed by atoms with Crippen LogP contribution in [-0.2, 0) is 9.59 Å². The molecule has 0 spiro atoms. The average molecular weight is 249 g/mol. The Bertz CT molecular complexity index is 122. The third kappa shape index (κ3) is 7.94. The standard InChI is InChI=1S/C6H10O3.Sn/c1-2-3-5(7)4-6(8)9;/h2-4H2,1H3,(H,8,9);. The van der Waals surface area contributed by atoms with E-state index in [1.54, 1.807) is 0 Å². The minimum absolute atomic E-state index is 0. The van der Waals surface area contributed by atoms with Gasteiger partial charge in [0.1, 0.15) is 12.2 Å². The Balaban J connectivity index is 0. The maximum absolute atomic E-state index is 10.5. The van der Waals surface area contributed by atoms with Gasteiger partial charge >= 0.3 is 5.97 Å². The number of carbonyl (C=O) groups excluding carboxylic acids is 1. The SMILES string of the molecule is CCCC(=O)CC(=O)O.[Sn]. The minimum Gasteiger partial charge on any atom is -0.481 e. The quantitative estimate of drug-likeness (QED) is 0.581. The smallest absolute Gasteiger partial charge is 0.310 e. The molecule has 1 N–H and O–H groups in total. The van der Waals surface area contributed by atoms with Crippen molar-refractivity contribution in [1.29, 1.82) is 0 Å². The summed E-state index contributed by atoms with van der Waals surface area (Å²) < 4.78 is 0. The molecule has 0 heterocycles. The number of carboxylic acids is 1. The zero-order valence-electron chi connectivity index (χ0n) is 5.89. The van der Waals surface area contributed by atoms with E-state index >= 15 is 0 Å². The molecule has 0 aromatic rings. The van der Waals surface area contributed by atoms with Crippen LogP contribution >= 0.6 is 0 Å². The molecule has 0 bridgehead atoms. The van der Waals surface area contributed by atoms with Gasteiger partial charge in [-0.05, 0) is 6.42 Å². The largest absolute Gasteiger partial charge is 0.481 e. The Labute approximate surface area is 76.8 Å². The van der Waals surface area contributed by atoms with E-state index in [-0.39, 0.29) is 36.1 Å². The second-order valence-corrected chi connectivity index (χ2v) is 1.86. The van der Waals surface area contributed by atoms with Crippen molar-refractivity contribution >= 4 is 35.7 Å². The van der Waals surface area contributed by atoms with Gasteiger partial charge in [-0.15, -0.1) is 0 Å². The van der Waals surface area contributed by atoms with Crippen LogP contribution in [0.5, 0.6) is 0 Å². The van der Waals surface area contributed by atoms with Crippen molar-refractivity contribution in [3.63, 3.8) is 0 Å². The number of carbonyl (C=O) groups is 2. The van der Waals surface area contributed by atoms with Crippen LogP contribution in [0.15, 0.2) is 0 Å². The summed E-state index contributed by atoms with van der Waals surface area (Å²) in [5, 5.41) is 8.09. The first kappa shape index (κ1) is 12.6. The van der Waals surface area contributed by atoms with Gasteiger partial charge in [-0.3, -0.25) is 9.59 Å². The molecule has 0 aromatic heterocycles. The van der Waals surface area contributed by atoms with Crippen LogP contribution in [0.25, 0.3) is 0 Å². The molecule has 0 saturated carbocycles. The van der Waals surface area contributed by atoms with Gasteiger partial charge in [0.25, 0.3) is 0 Å². The van der Waals surface area contributed by atoms with Gasteiger partial charge in [-0.25, -0.2) is 0 Å². The molecule has 0 unspecified atom stereocenters. The molecule has 10 heavy (non-hydrogen) atoms. The van der Waals surface area contributed by atoms with E-state index in [0.29, 0.717) is 6.42 Å². The number of ketones is 1. The molecule has 0 aliphatic rings. The molecule has 0 rings (SSSR count). The van der Waals surface area contributed by atoms with Crippen LogP contribution in [0.4, 0.5) is 0 Å². The summed E-state index contributed by atoms with van der Waals surface area (Å²) >= 11 is 0. The maximum atomic E-state index is 10.5. The van der Waals surface area contributed by atoms with Crippen LogP contribution < -0.4 is 0 Å². The number of hydrogen-bond donors (Lipinski definition) is 1. The zero-order chi connectivity index (χ0) is 7.28. The van der Waals surface area contributed by atoms with Crippen molar-refractivity contribution in [3.8, 4) is 0 Å². The third-order valence-corrected chi connectivity index (χ3v) is 0.877. The summed E-state index contributed by atoms with van der Waals surface area (Å²) in [6.07, 6.45) is 0.784. The van der Waals surface area contributed by atoms with Crippen LogP contribution in [-0.4, -0.2) is 40.8 Å². The fourth-order valence-electron chi connectivity index (χ4n) is 0.536. The Morgan fingerprint density at radius 1 is 1.40 bits per heavy atom. The molecule has 0 aromatic carbocycles. The summed E-state index contributed by atoms with van der Waals surface area (Å²) in [6.45, 7) is 1.85. The molecule has 0 aliphatic carbocycles. The first-order valence-electron chi connectivity index (χ1n) is 2.90. The summed E-state index contributed by atoms with van der Waals surface area (Å²) in [6, 6.07) is 0. The van der Waals surface area contributed by atoms with E-state index in [1.807, 2.05) is 6.92 Å². The van der Waals surface area contributed by atoms with E-state index in [1.165, 1.54) is 0 Å². The van der Waals surface area contributed by atoms with Crippen LogP contribution in [0, 0.1) is 0 Å². The van der Waals surface area contributed by atoms with E-state index in [9.17, 15) is 9.59 Å². The van der Waals surface area contributed by atoms with E-state index in [0.717, 1.165) is 6.42 Å². The molecule has 3 nitrogen and oxygen atoms in total. The van der Waals surface area contributed by atoms with Gasteiger partial charge in [0.2, 0.25) is 0 Å². The Hall–Kier alpha value is -0.0613. The zero-order valence-corrected chi connectivity index (χ0v) is 8.74. The predicted molar refractivity (Wildman–Crippen MR) is 37.9 cm³/mol. The molecular weight excluding hydrogens is 239 g/mol. The maximum Gasteiger partial charge on any atom is 0.310 e. The van der Waals surface area contributed by atoms with Crippen LogP contribution in [0.2, 0.25) is 0 Å². The predicted octanol–water partition coefficient (Wildman–Crippen LogP) is 0.449. The first-order chi connectivity index (χ1) is 4.16. The fraction of sp³-hybridized carbons (Fsp3) is 0.667. The molecule has 4 radical (unpaired) electrons. The first-order valence-corrected chi connectivity index (χ1v) is 2.90. The number of carboxylic acid groups (broad SMARTS) is 1. The van der Waals surface area contributed by atoms with E-state index in [2.05, 4.69) is 0 Å². The van der Waals surface area contributed by atoms with Crippen molar-refractivity contribution in [2.45, 2.75) is 26.2 Å². The molecule has 0 amide bonds. The molecule has 0 atom stereocenters.